The molecule has 0 spiro atoms. The van der Waals surface area contributed by atoms with Gasteiger partial charge in [0, 0.05) is 38.2 Å². The van der Waals surface area contributed by atoms with E-state index in [2.05, 4.69) is 4.98 Å². The molecular weight excluding hydrogens is 368 g/mol. The number of aryl methyl sites for hydroxylation is 2. The highest BCUT2D eigenvalue weighted by Crippen LogP contribution is 2.17. The first kappa shape index (κ1) is 19.4. The Morgan fingerprint density at radius 2 is 1.85 bits per heavy atom. The van der Waals surface area contributed by atoms with Gasteiger partial charge < -0.3 is 9.67 Å². The third-order valence-electron chi connectivity index (χ3n) is 4.58. The Balaban J connectivity index is 2.24. The number of aliphatic hydroxyl groups is 1. The summed E-state index contributed by atoms with van der Waals surface area (Å²) in [5.74, 6) is 0.773. The molecule has 0 amide bonds. The fourth-order valence-corrected chi connectivity index (χ4v) is 3.33. The van der Waals surface area contributed by atoms with Crippen LogP contribution in [0, 0.1) is 0 Å². The number of aromatic nitrogens is 4. The molecule has 3 aromatic rings. The molecule has 2 heterocycles. The summed E-state index contributed by atoms with van der Waals surface area (Å²) >= 11 is 5.97. The molecule has 2 aromatic heterocycles. The molecule has 0 atom stereocenters. The lowest BCUT2D eigenvalue weighted by Gasteiger charge is -2.11. The molecule has 0 aliphatic heterocycles. The van der Waals surface area contributed by atoms with Gasteiger partial charge in [-0.05, 0) is 30.5 Å². The number of fused-ring (bicyclic) bond motifs is 1. The highest BCUT2D eigenvalue weighted by Gasteiger charge is 2.20. The van der Waals surface area contributed by atoms with E-state index in [0.29, 0.717) is 35.6 Å². The van der Waals surface area contributed by atoms with E-state index in [1.807, 2.05) is 35.8 Å². The summed E-state index contributed by atoms with van der Waals surface area (Å²) in [5, 5.41) is 9.74. The summed E-state index contributed by atoms with van der Waals surface area (Å²) in [4.78, 5) is 30.2. The first-order chi connectivity index (χ1) is 13.0. The fourth-order valence-electron chi connectivity index (χ4n) is 3.20. The van der Waals surface area contributed by atoms with E-state index in [9.17, 15) is 9.59 Å². The fraction of sp³-hybridized carbons (Fsp3) is 0.421. The third-order valence-corrected chi connectivity index (χ3v) is 4.83. The lowest BCUT2D eigenvalue weighted by Crippen LogP contribution is -2.40. The first-order valence-electron chi connectivity index (χ1n) is 9.02. The van der Waals surface area contributed by atoms with Gasteiger partial charge in [0.15, 0.2) is 11.2 Å². The number of hydrogen-bond acceptors (Lipinski definition) is 4. The van der Waals surface area contributed by atoms with Gasteiger partial charge in [-0.3, -0.25) is 13.9 Å². The van der Waals surface area contributed by atoms with Gasteiger partial charge in [0.25, 0.3) is 5.56 Å². The molecule has 0 saturated carbocycles. The third kappa shape index (κ3) is 3.70. The molecule has 1 aromatic carbocycles. The molecule has 0 saturated heterocycles. The minimum Gasteiger partial charge on any atom is -0.396 e. The molecule has 8 heteroatoms. The molecule has 7 nitrogen and oxygen atoms in total. The van der Waals surface area contributed by atoms with Gasteiger partial charge in [0.1, 0.15) is 5.82 Å². The topological polar surface area (TPSA) is 82.1 Å². The van der Waals surface area contributed by atoms with Crippen LogP contribution in [0.3, 0.4) is 0 Å². The van der Waals surface area contributed by atoms with Crippen LogP contribution < -0.4 is 11.2 Å². The molecular formula is C19H23ClN4O3. The van der Waals surface area contributed by atoms with Crippen molar-refractivity contribution in [1.29, 1.82) is 0 Å². The SMILES string of the molecule is CCCc1nc2c(c(=O)n(CCCO)c(=O)n2C)n1Cc1ccc(Cl)cc1. The number of hydrogen-bond donors (Lipinski definition) is 1. The van der Waals surface area contributed by atoms with Gasteiger partial charge in [-0.1, -0.05) is 30.7 Å². The van der Waals surface area contributed by atoms with Crippen LogP contribution in [0.25, 0.3) is 11.2 Å². The maximum atomic E-state index is 13.1. The standard InChI is InChI=1S/C19H23ClN4O3/c1-3-5-15-21-17-16(24(15)12-13-6-8-14(20)9-7-13)18(26)23(10-4-11-25)19(27)22(17)2/h6-9,25H,3-5,10-12H2,1-2H3. The number of benzene rings is 1. The predicted molar refractivity (Wildman–Crippen MR) is 105 cm³/mol. The highest BCUT2D eigenvalue weighted by atomic mass is 35.5. The van der Waals surface area contributed by atoms with E-state index < -0.39 is 5.69 Å². The Morgan fingerprint density at radius 1 is 1.15 bits per heavy atom. The molecule has 3 rings (SSSR count). The van der Waals surface area contributed by atoms with E-state index in [4.69, 9.17) is 16.7 Å². The van der Waals surface area contributed by atoms with Crippen molar-refractivity contribution in [1.82, 2.24) is 18.7 Å². The van der Waals surface area contributed by atoms with Crippen LogP contribution in [0.15, 0.2) is 33.9 Å². The van der Waals surface area contributed by atoms with Crippen LogP contribution >= 0.6 is 11.6 Å². The average Bonchev–Trinajstić information content (AvgIpc) is 3.00. The van der Waals surface area contributed by atoms with Gasteiger partial charge >= 0.3 is 5.69 Å². The Kier molecular flexibility index (Phi) is 5.82. The zero-order valence-corrected chi connectivity index (χ0v) is 16.2. The summed E-state index contributed by atoms with van der Waals surface area (Å²) in [5.41, 5.74) is 1.01. The van der Waals surface area contributed by atoms with Gasteiger partial charge in [0.05, 0.1) is 0 Å². The Morgan fingerprint density at radius 3 is 2.48 bits per heavy atom. The summed E-state index contributed by atoms with van der Waals surface area (Å²) < 4.78 is 4.47. The largest absolute Gasteiger partial charge is 0.396 e. The van der Waals surface area contributed by atoms with Crippen molar-refractivity contribution in [2.75, 3.05) is 6.61 Å². The monoisotopic (exact) mass is 390 g/mol. The maximum absolute atomic E-state index is 13.1. The van der Waals surface area contributed by atoms with Gasteiger partial charge in [-0.25, -0.2) is 9.78 Å². The molecule has 0 radical (unpaired) electrons. The molecule has 27 heavy (non-hydrogen) atoms. The van der Waals surface area contributed by atoms with Crippen molar-refractivity contribution in [3.8, 4) is 0 Å². The molecule has 0 bridgehead atoms. The number of nitrogens with zero attached hydrogens (tertiary/aromatic N) is 4. The average molecular weight is 391 g/mol. The van der Waals surface area contributed by atoms with Crippen LogP contribution in [0.1, 0.15) is 31.2 Å². The van der Waals surface area contributed by atoms with Crippen molar-refractivity contribution in [2.45, 2.75) is 39.3 Å². The zero-order valence-electron chi connectivity index (χ0n) is 15.5. The molecule has 0 aliphatic carbocycles. The predicted octanol–water partition coefficient (Wildman–Crippen LogP) is 1.93. The van der Waals surface area contributed by atoms with E-state index >= 15 is 0 Å². The smallest absolute Gasteiger partial charge is 0.332 e. The summed E-state index contributed by atoms with van der Waals surface area (Å²) in [6, 6.07) is 7.45. The van der Waals surface area contributed by atoms with Crippen molar-refractivity contribution >= 4 is 22.8 Å². The maximum Gasteiger partial charge on any atom is 0.332 e. The second-order valence-corrected chi connectivity index (χ2v) is 6.97. The molecule has 144 valence electrons. The summed E-state index contributed by atoms with van der Waals surface area (Å²) in [7, 11) is 1.62. The Labute approximate surface area is 161 Å². The van der Waals surface area contributed by atoms with Crippen LogP contribution in [0.4, 0.5) is 0 Å². The number of imidazole rings is 1. The number of aliphatic hydroxyl groups excluding tert-OH is 1. The van der Waals surface area contributed by atoms with E-state index in [-0.39, 0.29) is 18.7 Å². The molecule has 0 unspecified atom stereocenters. The first-order valence-corrected chi connectivity index (χ1v) is 9.40. The van der Waals surface area contributed by atoms with Gasteiger partial charge in [-0.15, -0.1) is 0 Å². The van der Waals surface area contributed by atoms with E-state index in [1.165, 1.54) is 9.13 Å². The van der Waals surface area contributed by atoms with Crippen molar-refractivity contribution in [3.05, 3.63) is 61.5 Å². The lowest BCUT2D eigenvalue weighted by atomic mass is 10.2. The van der Waals surface area contributed by atoms with Crippen LogP contribution in [-0.2, 0) is 26.6 Å². The minimum absolute atomic E-state index is 0.0846. The molecule has 0 fully saturated rings. The Bertz CT molecular complexity index is 1060. The quantitative estimate of drug-likeness (QED) is 0.668. The van der Waals surface area contributed by atoms with E-state index in [1.54, 1.807) is 7.05 Å². The second-order valence-electron chi connectivity index (χ2n) is 6.54. The van der Waals surface area contributed by atoms with Crippen molar-refractivity contribution in [3.63, 3.8) is 0 Å². The van der Waals surface area contributed by atoms with Crippen LogP contribution in [0.5, 0.6) is 0 Å². The van der Waals surface area contributed by atoms with Crippen LogP contribution in [-0.4, -0.2) is 30.4 Å². The van der Waals surface area contributed by atoms with Crippen LogP contribution in [0.2, 0.25) is 5.02 Å². The zero-order chi connectivity index (χ0) is 19.6. The summed E-state index contributed by atoms with van der Waals surface area (Å²) in [6.45, 7) is 2.60. The Hall–Kier alpha value is -2.38. The summed E-state index contributed by atoms with van der Waals surface area (Å²) in [6.07, 6.45) is 1.91. The molecule has 1 N–H and O–H groups in total. The lowest BCUT2D eigenvalue weighted by molar-refractivity contribution is 0.277. The normalized spacial score (nSPS) is 11.4. The molecule has 0 aliphatic rings. The minimum atomic E-state index is -0.417. The van der Waals surface area contributed by atoms with Gasteiger partial charge in [0.2, 0.25) is 0 Å². The highest BCUT2D eigenvalue weighted by molar-refractivity contribution is 6.30. The number of rotatable bonds is 7. The number of halogens is 1. The van der Waals surface area contributed by atoms with Crippen molar-refractivity contribution in [2.24, 2.45) is 7.05 Å². The van der Waals surface area contributed by atoms with Crippen molar-refractivity contribution < 1.29 is 5.11 Å². The van der Waals surface area contributed by atoms with E-state index in [0.717, 1.165) is 17.8 Å². The second kappa shape index (κ2) is 8.10. The van der Waals surface area contributed by atoms with Gasteiger partial charge in [-0.2, -0.15) is 0 Å².